The molecular weight excluding hydrogens is 390 g/mol. The summed E-state index contributed by atoms with van der Waals surface area (Å²) in [5, 5.41) is 12.8. The molecule has 0 saturated carbocycles. The fourth-order valence-electron chi connectivity index (χ4n) is 4.31. The average Bonchev–Trinajstić information content (AvgIpc) is 3.34. The lowest BCUT2D eigenvalue weighted by Gasteiger charge is -2.34. The van der Waals surface area contributed by atoms with Crippen LogP contribution in [0.4, 0.5) is 5.82 Å². The van der Waals surface area contributed by atoms with Crippen molar-refractivity contribution < 1.29 is 9.53 Å². The van der Waals surface area contributed by atoms with Crippen LogP contribution < -0.4 is 10.1 Å². The van der Waals surface area contributed by atoms with Gasteiger partial charge >= 0.3 is 0 Å². The summed E-state index contributed by atoms with van der Waals surface area (Å²) < 4.78 is 9.41. The first-order valence-electron chi connectivity index (χ1n) is 10.4. The van der Waals surface area contributed by atoms with Gasteiger partial charge in [0.2, 0.25) is 5.91 Å². The van der Waals surface area contributed by atoms with Crippen molar-refractivity contribution in [3.05, 3.63) is 65.1 Å². The zero-order valence-electron chi connectivity index (χ0n) is 18.3. The fraction of sp³-hybridized carbons (Fsp3) is 0.333. The third kappa shape index (κ3) is 3.71. The second kappa shape index (κ2) is 8.32. The largest absolute Gasteiger partial charge is 0.497 e. The van der Waals surface area contributed by atoms with E-state index in [4.69, 9.17) is 4.74 Å². The lowest BCUT2D eigenvalue weighted by Crippen LogP contribution is -2.41. The number of fused-ring (bicyclic) bond motifs is 1. The Morgan fingerprint density at radius 3 is 2.65 bits per heavy atom. The van der Waals surface area contributed by atoms with Crippen molar-refractivity contribution >= 4 is 11.7 Å². The molecule has 7 nitrogen and oxygen atoms in total. The SMILES string of the molecule is COc1ccc(-n2c(C)c(C)c(C#N)c2NC(=O)CN2CCn3cccc3C2C)cc1. The molecule has 4 rings (SSSR count). The predicted molar refractivity (Wildman–Crippen MR) is 120 cm³/mol. The Morgan fingerprint density at radius 1 is 1.23 bits per heavy atom. The average molecular weight is 418 g/mol. The number of carbonyl (C=O) groups is 1. The second-order valence-electron chi connectivity index (χ2n) is 7.90. The highest BCUT2D eigenvalue weighted by Crippen LogP contribution is 2.31. The van der Waals surface area contributed by atoms with E-state index in [0.29, 0.717) is 11.4 Å². The molecule has 0 fully saturated rings. The topological polar surface area (TPSA) is 75.2 Å². The Balaban J connectivity index is 1.61. The van der Waals surface area contributed by atoms with Crippen LogP contribution in [0.1, 0.15) is 35.5 Å². The van der Waals surface area contributed by atoms with Gasteiger partial charge in [-0.15, -0.1) is 0 Å². The standard InChI is InChI=1S/C24H27N5O2/c1-16-17(2)29(19-7-9-20(31-4)10-8-19)24(21(16)14-25)26-23(30)15-28-13-12-27-11-5-6-22(27)18(28)3/h5-11,18H,12-13,15H2,1-4H3,(H,26,30). The van der Waals surface area contributed by atoms with Gasteiger partial charge in [-0.25, -0.2) is 0 Å². The molecule has 1 N–H and O–H groups in total. The number of rotatable bonds is 5. The van der Waals surface area contributed by atoms with Gasteiger partial charge in [-0.2, -0.15) is 5.26 Å². The number of hydrogen-bond donors (Lipinski definition) is 1. The number of methoxy groups -OCH3 is 1. The molecule has 0 spiro atoms. The number of nitriles is 1. The molecule has 0 aliphatic carbocycles. The molecule has 3 aromatic rings. The molecule has 2 aromatic heterocycles. The van der Waals surface area contributed by atoms with E-state index in [2.05, 4.69) is 40.0 Å². The normalized spacial score (nSPS) is 15.9. The molecule has 160 valence electrons. The highest BCUT2D eigenvalue weighted by molar-refractivity contribution is 5.93. The van der Waals surface area contributed by atoms with Crippen LogP contribution in [0.15, 0.2) is 42.6 Å². The van der Waals surface area contributed by atoms with E-state index in [-0.39, 0.29) is 18.5 Å². The van der Waals surface area contributed by atoms with Gasteiger partial charge in [0.1, 0.15) is 17.6 Å². The number of benzene rings is 1. The summed E-state index contributed by atoms with van der Waals surface area (Å²) in [6.07, 6.45) is 2.08. The Hall–Kier alpha value is -3.50. The maximum Gasteiger partial charge on any atom is 0.239 e. The van der Waals surface area contributed by atoms with Crippen molar-refractivity contribution in [1.29, 1.82) is 5.26 Å². The Kier molecular flexibility index (Phi) is 5.57. The minimum atomic E-state index is -0.129. The van der Waals surface area contributed by atoms with Crippen LogP contribution in [-0.4, -0.2) is 40.1 Å². The molecule has 1 aromatic carbocycles. The molecule has 0 saturated heterocycles. The predicted octanol–water partition coefficient (Wildman–Crippen LogP) is 3.79. The Bertz CT molecular complexity index is 1150. The Morgan fingerprint density at radius 2 is 1.97 bits per heavy atom. The Labute approximate surface area is 182 Å². The molecule has 1 amide bonds. The number of amides is 1. The van der Waals surface area contributed by atoms with Crippen LogP contribution >= 0.6 is 0 Å². The molecule has 0 radical (unpaired) electrons. The van der Waals surface area contributed by atoms with Crippen molar-refractivity contribution in [3.8, 4) is 17.5 Å². The molecule has 31 heavy (non-hydrogen) atoms. The van der Waals surface area contributed by atoms with Crippen LogP contribution in [0.2, 0.25) is 0 Å². The molecule has 7 heteroatoms. The van der Waals surface area contributed by atoms with Crippen molar-refractivity contribution in [3.63, 3.8) is 0 Å². The van der Waals surface area contributed by atoms with Crippen LogP contribution in [-0.2, 0) is 11.3 Å². The van der Waals surface area contributed by atoms with Crippen molar-refractivity contribution in [1.82, 2.24) is 14.0 Å². The van der Waals surface area contributed by atoms with Gasteiger partial charge in [0.15, 0.2) is 0 Å². The first kappa shape index (κ1) is 20.8. The van der Waals surface area contributed by atoms with E-state index in [0.717, 1.165) is 35.8 Å². The van der Waals surface area contributed by atoms with E-state index >= 15 is 0 Å². The van der Waals surface area contributed by atoms with E-state index in [1.54, 1.807) is 7.11 Å². The van der Waals surface area contributed by atoms with Gasteiger partial charge in [0.25, 0.3) is 0 Å². The molecule has 1 atom stereocenters. The van der Waals surface area contributed by atoms with Crippen LogP contribution in [0.3, 0.4) is 0 Å². The number of anilines is 1. The molecule has 3 heterocycles. The van der Waals surface area contributed by atoms with Gasteiger partial charge in [-0.1, -0.05) is 0 Å². The van der Waals surface area contributed by atoms with Gasteiger partial charge in [-0.3, -0.25) is 14.3 Å². The highest BCUT2D eigenvalue weighted by Gasteiger charge is 2.26. The zero-order chi connectivity index (χ0) is 22.1. The van der Waals surface area contributed by atoms with Crippen LogP contribution in [0, 0.1) is 25.2 Å². The number of carbonyl (C=O) groups excluding carboxylic acids is 1. The van der Waals surface area contributed by atoms with Gasteiger partial charge < -0.3 is 14.6 Å². The summed E-state index contributed by atoms with van der Waals surface area (Å²) >= 11 is 0. The van der Waals surface area contributed by atoms with Crippen molar-refractivity contribution in [2.75, 3.05) is 25.5 Å². The number of nitrogens with zero attached hydrogens (tertiary/aromatic N) is 4. The number of ether oxygens (including phenoxy) is 1. The highest BCUT2D eigenvalue weighted by atomic mass is 16.5. The van der Waals surface area contributed by atoms with Crippen molar-refractivity contribution in [2.45, 2.75) is 33.4 Å². The second-order valence-corrected chi connectivity index (χ2v) is 7.90. The van der Waals surface area contributed by atoms with Crippen LogP contribution in [0.25, 0.3) is 5.69 Å². The summed E-state index contributed by atoms with van der Waals surface area (Å²) in [4.78, 5) is 15.2. The molecule has 1 aliphatic rings. The lowest BCUT2D eigenvalue weighted by molar-refractivity contribution is -0.118. The van der Waals surface area contributed by atoms with E-state index in [9.17, 15) is 10.1 Å². The quantitative estimate of drug-likeness (QED) is 0.685. The first-order valence-corrected chi connectivity index (χ1v) is 10.4. The third-order valence-electron chi connectivity index (χ3n) is 6.23. The summed E-state index contributed by atoms with van der Waals surface area (Å²) in [5.41, 5.74) is 4.34. The number of aromatic nitrogens is 2. The molecule has 1 unspecified atom stereocenters. The minimum absolute atomic E-state index is 0.129. The monoisotopic (exact) mass is 417 g/mol. The van der Waals surface area contributed by atoms with Crippen LogP contribution in [0.5, 0.6) is 5.75 Å². The smallest absolute Gasteiger partial charge is 0.239 e. The van der Waals surface area contributed by atoms with E-state index < -0.39 is 0 Å². The third-order valence-corrected chi connectivity index (χ3v) is 6.23. The lowest BCUT2D eigenvalue weighted by atomic mass is 10.1. The maximum atomic E-state index is 13.0. The summed E-state index contributed by atoms with van der Waals surface area (Å²) in [7, 11) is 1.62. The minimum Gasteiger partial charge on any atom is -0.497 e. The molecular formula is C24H27N5O2. The summed E-state index contributed by atoms with van der Waals surface area (Å²) in [5.74, 6) is 1.14. The van der Waals surface area contributed by atoms with Gasteiger partial charge in [0.05, 0.1) is 19.2 Å². The van der Waals surface area contributed by atoms with Gasteiger partial charge in [0, 0.05) is 42.4 Å². The van der Waals surface area contributed by atoms with E-state index in [1.165, 1.54) is 5.69 Å². The van der Waals surface area contributed by atoms with Gasteiger partial charge in [-0.05, 0) is 62.7 Å². The molecule has 1 aliphatic heterocycles. The number of nitrogens with one attached hydrogen (secondary N) is 1. The molecule has 0 bridgehead atoms. The van der Waals surface area contributed by atoms with Crippen molar-refractivity contribution in [2.24, 2.45) is 0 Å². The van der Waals surface area contributed by atoms with E-state index in [1.807, 2.05) is 48.7 Å². The zero-order valence-corrected chi connectivity index (χ0v) is 18.3. The fourth-order valence-corrected chi connectivity index (χ4v) is 4.31. The first-order chi connectivity index (χ1) is 14.9. The summed E-state index contributed by atoms with van der Waals surface area (Å²) in [6.45, 7) is 7.92. The number of hydrogen-bond acceptors (Lipinski definition) is 4. The maximum absolute atomic E-state index is 13.0. The summed E-state index contributed by atoms with van der Waals surface area (Å²) in [6, 6.07) is 14.1.